The van der Waals surface area contributed by atoms with Gasteiger partial charge in [0.05, 0.1) is 12.6 Å². The van der Waals surface area contributed by atoms with Gasteiger partial charge < -0.3 is 14.7 Å². The van der Waals surface area contributed by atoms with Crippen LogP contribution >= 0.6 is 15.9 Å². The summed E-state index contributed by atoms with van der Waals surface area (Å²) in [6.07, 6.45) is 0.822. The molecule has 4 nitrogen and oxygen atoms in total. The number of benzene rings is 3. The summed E-state index contributed by atoms with van der Waals surface area (Å²) in [5.74, 6) is 0.191. The fourth-order valence-corrected chi connectivity index (χ4v) is 6.13. The van der Waals surface area contributed by atoms with Gasteiger partial charge in [-0.05, 0) is 68.4 Å². The molecule has 0 fully saturated rings. The lowest BCUT2D eigenvalue weighted by atomic mass is 9.69. The largest absolute Gasteiger partial charge is 0.481 e. The van der Waals surface area contributed by atoms with E-state index in [1.165, 1.54) is 5.56 Å². The zero-order chi connectivity index (χ0) is 24.7. The van der Waals surface area contributed by atoms with Crippen LogP contribution < -0.4 is 4.74 Å². The average molecular weight is 531 g/mol. The van der Waals surface area contributed by atoms with Crippen molar-refractivity contribution in [1.82, 2.24) is 9.88 Å². The van der Waals surface area contributed by atoms with Crippen LogP contribution in [0, 0.1) is 12.8 Å². The minimum absolute atomic E-state index is 0.00224. The molecule has 0 spiro atoms. The molecule has 5 heteroatoms. The summed E-state index contributed by atoms with van der Waals surface area (Å²) in [4.78, 5) is 7.05. The monoisotopic (exact) mass is 530 g/mol. The second-order valence-corrected chi connectivity index (χ2v) is 10.8. The fraction of sp³-hybridized carbons (Fsp3) is 0.300. The predicted molar refractivity (Wildman–Crippen MR) is 145 cm³/mol. The first-order valence-corrected chi connectivity index (χ1v) is 12.8. The third-order valence-corrected chi connectivity index (χ3v) is 7.71. The molecule has 4 aromatic rings. The highest BCUT2D eigenvalue weighted by Gasteiger charge is 2.52. The van der Waals surface area contributed by atoms with E-state index >= 15 is 0 Å². The Bertz CT molecular complexity index is 1370. The molecule has 1 aliphatic carbocycles. The summed E-state index contributed by atoms with van der Waals surface area (Å²) < 4.78 is 6.87. The first-order chi connectivity index (χ1) is 16.8. The van der Waals surface area contributed by atoms with Crippen molar-refractivity contribution < 1.29 is 9.84 Å². The van der Waals surface area contributed by atoms with Crippen LogP contribution in [0.4, 0.5) is 0 Å². The van der Waals surface area contributed by atoms with E-state index in [1.807, 2.05) is 30.3 Å². The molecule has 35 heavy (non-hydrogen) atoms. The first-order valence-electron chi connectivity index (χ1n) is 12.0. The summed E-state index contributed by atoms with van der Waals surface area (Å²) in [6.45, 7) is 2.86. The number of halogens is 1. The van der Waals surface area contributed by atoms with E-state index in [0.717, 1.165) is 50.6 Å². The molecular weight excluding hydrogens is 500 g/mol. The minimum atomic E-state index is -1.14. The maximum absolute atomic E-state index is 13.0. The summed E-state index contributed by atoms with van der Waals surface area (Å²) in [6, 6.07) is 25.0. The highest BCUT2D eigenvalue weighted by atomic mass is 79.9. The lowest BCUT2D eigenvalue weighted by Gasteiger charge is -2.41. The van der Waals surface area contributed by atoms with E-state index in [9.17, 15) is 5.11 Å². The second kappa shape index (κ2) is 9.38. The number of methoxy groups -OCH3 is 1. The van der Waals surface area contributed by atoms with Gasteiger partial charge in [-0.3, -0.25) is 0 Å². The first kappa shape index (κ1) is 24.0. The quantitative estimate of drug-likeness (QED) is 0.328. The molecular formula is C30H31BrN2O2. The summed E-state index contributed by atoms with van der Waals surface area (Å²) in [5, 5.41) is 14.0. The number of aromatic nitrogens is 1. The minimum Gasteiger partial charge on any atom is -0.481 e. The molecule has 3 aromatic carbocycles. The third-order valence-electron chi connectivity index (χ3n) is 7.22. The van der Waals surface area contributed by atoms with E-state index in [4.69, 9.17) is 9.72 Å². The number of hydrogen-bond acceptors (Lipinski definition) is 4. The van der Waals surface area contributed by atoms with Gasteiger partial charge in [0.15, 0.2) is 0 Å². The summed E-state index contributed by atoms with van der Waals surface area (Å²) in [7, 11) is 5.80. The number of hydrogen-bond donors (Lipinski definition) is 1. The molecule has 0 saturated carbocycles. The molecule has 1 aromatic heterocycles. The van der Waals surface area contributed by atoms with E-state index in [-0.39, 0.29) is 11.8 Å². The molecule has 3 atom stereocenters. The van der Waals surface area contributed by atoms with Crippen molar-refractivity contribution in [2.24, 2.45) is 5.92 Å². The van der Waals surface area contributed by atoms with Gasteiger partial charge in [-0.1, -0.05) is 70.0 Å². The van der Waals surface area contributed by atoms with Gasteiger partial charge in [-0.2, -0.15) is 0 Å². The van der Waals surface area contributed by atoms with Crippen molar-refractivity contribution in [1.29, 1.82) is 0 Å². The van der Waals surface area contributed by atoms with Crippen LogP contribution in [0.15, 0.2) is 77.3 Å². The summed E-state index contributed by atoms with van der Waals surface area (Å²) >= 11 is 3.60. The zero-order valence-electron chi connectivity index (χ0n) is 20.6. The Balaban J connectivity index is 1.82. The average Bonchev–Trinajstić information content (AvgIpc) is 3.10. The van der Waals surface area contributed by atoms with Gasteiger partial charge in [-0.15, -0.1) is 0 Å². The highest BCUT2D eigenvalue weighted by Crippen LogP contribution is 2.54. The smallest absolute Gasteiger partial charge is 0.217 e. The number of aryl methyl sites for hydroxylation is 1. The third kappa shape index (κ3) is 4.26. The van der Waals surface area contributed by atoms with Gasteiger partial charge in [-0.25, -0.2) is 4.98 Å². The lowest BCUT2D eigenvalue weighted by molar-refractivity contribution is -0.0355. The van der Waals surface area contributed by atoms with Crippen molar-refractivity contribution >= 4 is 26.8 Å². The van der Waals surface area contributed by atoms with Gasteiger partial charge in [0.25, 0.3) is 0 Å². The Kier molecular flexibility index (Phi) is 6.43. The molecule has 1 aliphatic rings. The van der Waals surface area contributed by atoms with Crippen LogP contribution in [-0.2, 0) is 12.0 Å². The maximum atomic E-state index is 13.0. The van der Waals surface area contributed by atoms with Crippen molar-refractivity contribution in [2.45, 2.75) is 24.9 Å². The fourth-order valence-electron chi connectivity index (χ4n) is 5.75. The van der Waals surface area contributed by atoms with E-state index in [0.29, 0.717) is 5.88 Å². The van der Waals surface area contributed by atoms with Crippen molar-refractivity contribution in [3.63, 3.8) is 0 Å². The number of aliphatic hydroxyl groups is 1. The Labute approximate surface area is 215 Å². The van der Waals surface area contributed by atoms with E-state index < -0.39 is 5.60 Å². The molecule has 0 saturated heterocycles. The molecule has 1 N–H and O–H groups in total. The number of ether oxygens (including phenoxy) is 1. The van der Waals surface area contributed by atoms with Gasteiger partial charge >= 0.3 is 0 Å². The van der Waals surface area contributed by atoms with E-state index in [2.05, 4.69) is 84.3 Å². The van der Waals surface area contributed by atoms with Crippen LogP contribution in [-0.4, -0.2) is 42.7 Å². The molecule has 180 valence electrons. The van der Waals surface area contributed by atoms with Crippen LogP contribution in [0.1, 0.15) is 33.7 Å². The molecule has 0 amide bonds. The predicted octanol–water partition coefficient (Wildman–Crippen LogP) is 6.07. The second-order valence-electron chi connectivity index (χ2n) is 9.92. The van der Waals surface area contributed by atoms with Crippen molar-refractivity contribution in [3.05, 3.63) is 105 Å². The van der Waals surface area contributed by atoms with E-state index in [1.54, 1.807) is 7.11 Å². The van der Waals surface area contributed by atoms with Gasteiger partial charge in [0, 0.05) is 33.8 Å². The molecule has 0 aliphatic heterocycles. The number of fused-ring (bicyclic) bond motifs is 2. The molecule has 0 unspecified atom stereocenters. The molecule has 1 heterocycles. The Hall–Kier alpha value is -2.73. The number of nitrogens with zero attached hydrogens (tertiary/aromatic N) is 2. The normalized spacial score (nSPS) is 20.3. The van der Waals surface area contributed by atoms with Crippen LogP contribution in [0.5, 0.6) is 5.88 Å². The Morgan fingerprint density at radius 1 is 1.09 bits per heavy atom. The van der Waals surface area contributed by atoms with Crippen LogP contribution in [0.2, 0.25) is 0 Å². The number of pyridine rings is 1. The Morgan fingerprint density at radius 2 is 1.86 bits per heavy atom. The molecule has 5 rings (SSSR count). The lowest BCUT2D eigenvalue weighted by Crippen LogP contribution is -2.43. The topological polar surface area (TPSA) is 45.6 Å². The zero-order valence-corrected chi connectivity index (χ0v) is 22.2. The van der Waals surface area contributed by atoms with Crippen LogP contribution in [0.3, 0.4) is 0 Å². The summed E-state index contributed by atoms with van der Waals surface area (Å²) in [5.41, 5.74) is 5.03. The van der Waals surface area contributed by atoms with Crippen LogP contribution in [0.25, 0.3) is 10.9 Å². The highest BCUT2D eigenvalue weighted by molar-refractivity contribution is 9.10. The molecule has 0 radical (unpaired) electrons. The maximum Gasteiger partial charge on any atom is 0.217 e. The van der Waals surface area contributed by atoms with Crippen molar-refractivity contribution in [3.8, 4) is 5.88 Å². The Morgan fingerprint density at radius 3 is 2.57 bits per heavy atom. The van der Waals surface area contributed by atoms with Gasteiger partial charge in [0.1, 0.15) is 5.60 Å². The SMILES string of the molecule is COc1nc2ccc(Br)cc2cc1[C@@H](c1ccccc1)[C@@]1(O)c2cc(C)ccc2C[C@@H]1CN(C)C. The van der Waals surface area contributed by atoms with Crippen molar-refractivity contribution in [2.75, 3.05) is 27.7 Å². The standard InChI is InChI=1S/C30H31BrN2O2/c1-19-10-11-21-15-23(18-33(2)3)30(34,26(21)14-19)28(20-8-6-5-7-9-20)25-17-22-16-24(31)12-13-27(22)32-29(25)35-4/h5-14,16-17,23,28,34H,15,18H2,1-4H3/t23-,28-,30+/m1/s1. The number of rotatable bonds is 6. The van der Waals surface area contributed by atoms with Gasteiger partial charge in [0.2, 0.25) is 5.88 Å². The molecule has 0 bridgehead atoms.